The van der Waals surface area contributed by atoms with Crippen LogP contribution in [0.5, 0.6) is 0 Å². The molecule has 2 aromatic rings. The minimum absolute atomic E-state index is 0.0442. The first kappa shape index (κ1) is 15.3. The molecule has 2 rings (SSSR count). The van der Waals surface area contributed by atoms with Crippen molar-refractivity contribution in [2.75, 3.05) is 11.9 Å². The molecule has 3 heteroatoms. The molecule has 3 nitrogen and oxygen atoms in total. The van der Waals surface area contributed by atoms with Gasteiger partial charge in [-0.2, -0.15) is 0 Å². The normalized spacial score (nSPS) is 11.9. The van der Waals surface area contributed by atoms with Crippen LogP contribution in [0.3, 0.4) is 0 Å². The molecule has 3 N–H and O–H groups in total. The zero-order valence-corrected chi connectivity index (χ0v) is 12.4. The van der Waals surface area contributed by atoms with E-state index in [1.807, 2.05) is 42.5 Å². The number of nitrogens with one attached hydrogen (secondary N) is 1. The number of anilines is 1. The average Bonchev–Trinajstić information content (AvgIpc) is 2.54. The van der Waals surface area contributed by atoms with Gasteiger partial charge in [0.1, 0.15) is 0 Å². The van der Waals surface area contributed by atoms with E-state index < -0.39 is 0 Å². The third kappa shape index (κ3) is 4.72. The molecule has 0 saturated carbocycles. The Balaban J connectivity index is 1.92. The standard InChI is InChI=1S/C18H22N2O/c1-14(13-19)7-12-18(21)20-17-10-8-16(9-11-17)15-5-3-2-4-6-15/h2-6,8-11,14H,7,12-13,19H2,1H3,(H,20,21). The van der Waals surface area contributed by atoms with E-state index in [9.17, 15) is 4.79 Å². The van der Waals surface area contributed by atoms with E-state index in [2.05, 4.69) is 24.4 Å². The first-order chi connectivity index (χ1) is 10.2. The molecule has 0 aliphatic carbocycles. The van der Waals surface area contributed by atoms with E-state index in [1.165, 1.54) is 5.56 Å². The van der Waals surface area contributed by atoms with Crippen molar-refractivity contribution in [1.29, 1.82) is 0 Å². The summed E-state index contributed by atoms with van der Waals surface area (Å²) < 4.78 is 0. The molecule has 0 bridgehead atoms. The number of rotatable bonds is 6. The van der Waals surface area contributed by atoms with Crippen LogP contribution in [-0.4, -0.2) is 12.5 Å². The van der Waals surface area contributed by atoms with Gasteiger partial charge < -0.3 is 11.1 Å². The van der Waals surface area contributed by atoms with E-state index in [-0.39, 0.29) is 5.91 Å². The van der Waals surface area contributed by atoms with Crippen molar-refractivity contribution in [3.05, 3.63) is 54.6 Å². The molecular formula is C18H22N2O. The molecule has 1 atom stereocenters. The van der Waals surface area contributed by atoms with Crippen LogP contribution in [0.2, 0.25) is 0 Å². The first-order valence-corrected chi connectivity index (χ1v) is 7.34. The third-order valence-electron chi connectivity index (χ3n) is 3.54. The molecule has 0 radical (unpaired) electrons. The number of benzene rings is 2. The highest BCUT2D eigenvalue weighted by Gasteiger charge is 2.06. The van der Waals surface area contributed by atoms with Gasteiger partial charge in [0.15, 0.2) is 0 Å². The second kappa shape index (κ2) is 7.60. The topological polar surface area (TPSA) is 55.1 Å². The van der Waals surface area contributed by atoms with Crippen molar-refractivity contribution in [3.8, 4) is 11.1 Å². The Bertz CT molecular complexity index is 564. The molecule has 0 aliphatic heterocycles. The molecule has 0 heterocycles. The third-order valence-corrected chi connectivity index (χ3v) is 3.54. The van der Waals surface area contributed by atoms with Crippen molar-refractivity contribution in [2.24, 2.45) is 11.7 Å². The Morgan fingerprint density at radius 1 is 1.05 bits per heavy atom. The zero-order valence-electron chi connectivity index (χ0n) is 12.4. The molecule has 21 heavy (non-hydrogen) atoms. The smallest absolute Gasteiger partial charge is 0.224 e. The number of hydrogen-bond donors (Lipinski definition) is 2. The summed E-state index contributed by atoms with van der Waals surface area (Å²) in [5.74, 6) is 0.430. The van der Waals surface area contributed by atoms with E-state index in [0.29, 0.717) is 18.9 Å². The fraction of sp³-hybridized carbons (Fsp3) is 0.278. The van der Waals surface area contributed by atoms with Crippen LogP contribution in [0.4, 0.5) is 5.69 Å². The minimum atomic E-state index is 0.0442. The molecular weight excluding hydrogens is 260 g/mol. The molecule has 0 fully saturated rings. The predicted molar refractivity (Wildman–Crippen MR) is 88.0 cm³/mol. The summed E-state index contributed by atoms with van der Waals surface area (Å²) in [5, 5.41) is 2.92. The summed E-state index contributed by atoms with van der Waals surface area (Å²) in [6.07, 6.45) is 1.34. The van der Waals surface area contributed by atoms with Gasteiger partial charge in [0, 0.05) is 12.1 Å². The predicted octanol–water partition coefficient (Wildman–Crippen LogP) is 3.67. The van der Waals surface area contributed by atoms with Gasteiger partial charge in [-0.3, -0.25) is 4.79 Å². The maximum Gasteiger partial charge on any atom is 0.224 e. The molecule has 2 aromatic carbocycles. The van der Waals surface area contributed by atoms with Gasteiger partial charge in [-0.05, 0) is 42.1 Å². The number of nitrogens with two attached hydrogens (primary N) is 1. The van der Waals surface area contributed by atoms with Gasteiger partial charge in [0.2, 0.25) is 5.91 Å². The SMILES string of the molecule is CC(CN)CCC(=O)Nc1ccc(-c2ccccc2)cc1. The van der Waals surface area contributed by atoms with E-state index in [1.54, 1.807) is 0 Å². The van der Waals surface area contributed by atoms with Crippen LogP contribution in [-0.2, 0) is 4.79 Å². The lowest BCUT2D eigenvalue weighted by molar-refractivity contribution is -0.116. The Labute approximate surface area is 126 Å². The highest BCUT2D eigenvalue weighted by molar-refractivity contribution is 5.90. The first-order valence-electron chi connectivity index (χ1n) is 7.34. The average molecular weight is 282 g/mol. The summed E-state index contributed by atoms with van der Waals surface area (Å²) in [6, 6.07) is 18.1. The monoisotopic (exact) mass is 282 g/mol. The summed E-state index contributed by atoms with van der Waals surface area (Å²) in [7, 11) is 0. The van der Waals surface area contributed by atoms with Gasteiger partial charge in [-0.1, -0.05) is 49.4 Å². The second-order valence-electron chi connectivity index (χ2n) is 5.37. The van der Waals surface area contributed by atoms with Gasteiger partial charge in [0.25, 0.3) is 0 Å². The lowest BCUT2D eigenvalue weighted by Gasteiger charge is -2.09. The van der Waals surface area contributed by atoms with Gasteiger partial charge >= 0.3 is 0 Å². The van der Waals surface area contributed by atoms with Crippen molar-refractivity contribution in [1.82, 2.24) is 0 Å². The lowest BCUT2D eigenvalue weighted by Crippen LogP contribution is -2.16. The molecule has 1 unspecified atom stereocenters. The van der Waals surface area contributed by atoms with E-state index in [4.69, 9.17) is 5.73 Å². The number of carbonyl (C=O) groups is 1. The summed E-state index contributed by atoms with van der Waals surface area (Å²) in [6.45, 7) is 2.68. The Kier molecular flexibility index (Phi) is 5.52. The van der Waals surface area contributed by atoms with Crippen LogP contribution in [0.15, 0.2) is 54.6 Å². The second-order valence-corrected chi connectivity index (χ2v) is 5.37. The highest BCUT2D eigenvalue weighted by atomic mass is 16.1. The Morgan fingerprint density at radius 2 is 1.67 bits per heavy atom. The molecule has 110 valence electrons. The quantitative estimate of drug-likeness (QED) is 0.849. The van der Waals surface area contributed by atoms with Crippen LogP contribution in [0.25, 0.3) is 11.1 Å². The van der Waals surface area contributed by atoms with Crippen molar-refractivity contribution >= 4 is 11.6 Å². The number of hydrogen-bond acceptors (Lipinski definition) is 2. The van der Waals surface area contributed by atoms with Gasteiger partial charge in [-0.15, -0.1) is 0 Å². The Morgan fingerprint density at radius 3 is 2.29 bits per heavy atom. The van der Waals surface area contributed by atoms with Crippen LogP contribution < -0.4 is 11.1 Å². The van der Waals surface area contributed by atoms with E-state index >= 15 is 0 Å². The number of amides is 1. The Hall–Kier alpha value is -2.13. The minimum Gasteiger partial charge on any atom is -0.330 e. The molecule has 0 aromatic heterocycles. The summed E-state index contributed by atoms with van der Waals surface area (Å²) >= 11 is 0. The van der Waals surface area contributed by atoms with Crippen LogP contribution in [0.1, 0.15) is 19.8 Å². The van der Waals surface area contributed by atoms with Crippen molar-refractivity contribution < 1.29 is 4.79 Å². The maximum absolute atomic E-state index is 11.8. The van der Waals surface area contributed by atoms with Crippen LogP contribution in [0, 0.1) is 5.92 Å². The van der Waals surface area contributed by atoms with Gasteiger partial charge in [-0.25, -0.2) is 0 Å². The highest BCUT2D eigenvalue weighted by Crippen LogP contribution is 2.21. The maximum atomic E-state index is 11.8. The van der Waals surface area contributed by atoms with Crippen molar-refractivity contribution in [3.63, 3.8) is 0 Å². The van der Waals surface area contributed by atoms with Gasteiger partial charge in [0.05, 0.1) is 0 Å². The molecule has 1 amide bonds. The molecule has 0 spiro atoms. The number of carbonyl (C=O) groups excluding carboxylic acids is 1. The molecule has 0 aliphatic rings. The van der Waals surface area contributed by atoms with Crippen LogP contribution >= 0.6 is 0 Å². The fourth-order valence-electron chi connectivity index (χ4n) is 2.10. The zero-order chi connectivity index (χ0) is 15.1. The molecule has 0 saturated heterocycles. The van der Waals surface area contributed by atoms with Crippen molar-refractivity contribution in [2.45, 2.75) is 19.8 Å². The fourth-order valence-corrected chi connectivity index (χ4v) is 2.10. The summed E-state index contributed by atoms with van der Waals surface area (Å²) in [4.78, 5) is 11.8. The van der Waals surface area contributed by atoms with E-state index in [0.717, 1.165) is 17.7 Å². The summed E-state index contributed by atoms with van der Waals surface area (Å²) in [5.41, 5.74) is 8.70. The lowest BCUT2D eigenvalue weighted by atomic mass is 10.0. The largest absolute Gasteiger partial charge is 0.330 e.